The Bertz CT molecular complexity index is 356. The van der Waals surface area contributed by atoms with Crippen molar-refractivity contribution in [1.29, 1.82) is 0 Å². The van der Waals surface area contributed by atoms with Crippen molar-refractivity contribution in [2.24, 2.45) is 17.3 Å². The summed E-state index contributed by atoms with van der Waals surface area (Å²) in [4.78, 5) is 13.9. The van der Waals surface area contributed by atoms with Gasteiger partial charge in [0.2, 0.25) is 0 Å². The van der Waals surface area contributed by atoms with Gasteiger partial charge in [-0.05, 0) is 37.5 Å². The molecule has 3 heteroatoms. The minimum Gasteiger partial charge on any atom is -0.449 e. The van der Waals surface area contributed by atoms with Crippen LogP contribution in [0.5, 0.6) is 0 Å². The Labute approximate surface area is 129 Å². The molecular formula is C18H31NO2. The molecule has 1 heterocycles. The molecule has 3 nitrogen and oxygen atoms in total. The van der Waals surface area contributed by atoms with Crippen LogP contribution in [0.25, 0.3) is 0 Å². The fourth-order valence-electron chi connectivity index (χ4n) is 4.83. The van der Waals surface area contributed by atoms with Crippen molar-refractivity contribution in [2.45, 2.75) is 71.1 Å². The minimum atomic E-state index is -0.0739. The second kappa shape index (κ2) is 6.58. The fraction of sp³-hybridized carbons (Fsp3) is 0.944. The van der Waals surface area contributed by atoms with Crippen molar-refractivity contribution in [1.82, 2.24) is 4.90 Å². The highest BCUT2D eigenvalue weighted by molar-refractivity contribution is 5.69. The first-order valence-electron chi connectivity index (χ1n) is 9.14. The highest BCUT2D eigenvalue weighted by atomic mass is 16.6. The summed E-state index contributed by atoms with van der Waals surface area (Å²) in [6.45, 7) is 4.63. The molecule has 0 aromatic rings. The number of hydrogen-bond acceptors (Lipinski definition) is 2. The lowest BCUT2D eigenvalue weighted by Gasteiger charge is -2.48. The van der Waals surface area contributed by atoms with Gasteiger partial charge in [0.25, 0.3) is 0 Å². The normalized spacial score (nSPS) is 28.6. The van der Waals surface area contributed by atoms with E-state index in [1.807, 2.05) is 4.90 Å². The van der Waals surface area contributed by atoms with Gasteiger partial charge in [-0.15, -0.1) is 0 Å². The third-order valence-electron chi connectivity index (χ3n) is 6.09. The fourth-order valence-corrected chi connectivity index (χ4v) is 4.83. The van der Waals surface area contributed by atoms with Crippen LogP contribution >= 0.6 is 0 Å². The molecule has 0 bridgehead atoms. The standard InChI is InChI=1S/C18H31NO2/c1-2-3-11-21-17(20)19-13-18(14-19)10-9-16(12-18)15-7-5-4-6-8-15/h15-16H,2-14H2,1H3. The van der Waals surface area contributed by atoms with Gasteiger partial charge >= 0.3 is 6.09 Å². The van der Waals surface area contributed by atoms with E-state index in [4.69, 9.17) is 4.74 Å². The smallest absolute Gasteiger partial charge is 0.409 e. The van der Waals surface area contributed by atoms with Gasteiger partial charge in [-0.25, -0.2) is 4.79 Å². The van der Waals surface area contributed by atoms with Gasteiger partial charge in [0.1, 0.15) is 0 Å². The molecule has 21 heavy (non-hydrogen) atoms. The minimum absolute atomic E-state index is 0.0739. The molecule has 3 rings (SSSR count). The molecule has 0 radical (unpaired) electrons. The highest BCUT2D eigenvalue weighted by Gasteiger charge is 2.51. The SMILES string of the molecule is CCCCOC(=O)N1CC2(CCC(C3CCCCC3)C2)C1. The van der Waals surface area contributed by atoms with Crippen LogP contribution in [0.1, 0.15) is 71.1 Å². The van der Waals surface area contributed by atoms with E-state index in [1.54, 1.807) is 0 Å². The van der Waals surface area contributed by atoms with E-state index in [0.717, 1.165) is 37.8 Å². The van der Waals surface area contributed by atoms with Crippen molar-refractivity contribution in [3.05, 3.63) is 0 Å². The predicted molar refractivity (Wildman–Crippen MR) is 84.2 cm³/mol. The zero-order valence-corrected chi connectivity index (χ0v) is 13.6. The summed E-state index contributed by atoms with van der Waals surface area (Å²) in [6, 6.07) is 0. The van der Waals surface area contributed by atoms with Gasteiger partial charge in [0.15, 0.2) is 0 Å². The Morgan fingerprint density at radius 2 is 1.90 bits per heavy atom. The largest absolute Gasteiger partial charge is 0.449 e. The lowest BCUT2D eigenvalue weighted by molar-refractivity contribution is -0.00427. The van der Waals surface area contributed by atoms with Crippen LogP contribution in [0.3, 0.4) is 0 Å². The van der Waals surface area contributed by atoms with Crippen molar-refractivity contribution >= 4 is 6.09 Å². The number of ether oxygens (including phenoxy) is 1. The number of carbonyl (C=O) groups is 1. The average Bonchev–Trinajstić information content (AvgIpc) is 2.92. The monoisotopic (exact) mass is 293 g/mol. The summed E-state index contributed by atoms with van der Waals surface area (Å²) in [6.07, 6.45) is 13.4. The first-order chi connectivity index (χ1) is 10.2. The van der Waals surface area contributed by atoms with Crippen LogP contribution in [-0.4, -0.2) is 30.7 Å². The zero-order valence-electron chi connectivity index (χ0n) is 13.6. The van der Waals surface area contributed by atoms with Gasteiger partial charge in [-0.3, -0.25) is 0 Å². The summed E-state index contributed by atoms with van der Waals surface area (Å²) in [5.41, 5.74) is 0.464. The first-order valence-corrected chi connectivity index (χ1v) is 9.14. The van der Waals surface area contributed by atoms with Crippen LogP contribution in [0, 0.1) is 17.3 Å². The second-order valence-electron chi connectivity index (χ2n) is 7.72. The molecule has 1 aliphatic heterocycles. The quantitative estimate of drug-likeness (QED) is 0.709. The average molecular weight is 293 g/mol. The van der Waals surface area contributed by atoms with Gasteiger partial charge in [-0.1, -0.05) is 45.4 Å². The van der Waals surface area contributed by atoms with Gasteiger partial charge in [0, 0.05) is 18.5 Å². The maximum Gasteiger partial charge on any atom is 0.409 e. The van der Waals surface area contributed by atoms with E-state index in [2.05, 4.69) is 6.92 Å². The molecule has 1 spiro atoms. The molecule has 2 aliphatic carbocycles. The number of amides is 1. The van der Waals surface area contributed by atoms with Crippen LogP contribution in [0.2, 0.25) is 0 Å². The van der Waals surface area contributed by atoms with Crippen LogP contribution < -0.4 is 0 Å². The molecule has 0 aromatic heterocycles. The number of nitrogens with zero attached hydrogens (tertiary/aromatic N) is 1. The molecule has 2 saturated carbocycles. The van der Waals surface area contributed by atoms with Crippen molar-refractivity contribution in [3.63, 3.8) is 0 Å². The van der Waals surface area contributed by atoms with E-state index >= 15 is 0 Å². The van der Waals surface area contributed by atoms with Gasteiger partial charge < -0.3 is 9.64 Å². The molecular weight excluding hydrogens is 262 g/mol. The summed E-state index contributed by atoms with van der Waals surface area (Å²) in [5.74, 6) is 1.94. The van der Waals surface area contributed by atoms with E-state index < -0.39 is 0 Å². The lowest BCUT2D eigenvalue weighted by Crippen LogP contribution is -2.57. The molecule has 0 aromatic carbocycles. The van der Waals surface area contributed by atoms with Crippen LogP contribution in [0.4, 0.5) is 4.79 Å². The predicted octanol–water partition coefficient (Wildman–Crippen LogP) is 4.61. The van der Waals surface area contributed by atoms with Crippen molar-refractivity contribution < 1.29 is 9.53 Å². The molecule has 1 saturated heterocycles. The summed E-state index contributed by atoms with van der Waals surface area (Å²) in [5, 5.41) is 0. The van der Waals surface area contributed by atoms with E-state index in [-0.39, 0.29) is 6.09 Å². The van der Waals surface area contributed by atoms with Crippen molar-refractivity contribution in [2.75, 3.05) is 19.7 Å². The summed E-state index contributed by atoms with van der Waals surface area (Å²) >= 11 is 0. The first kappa shape index (κ1) is 15.2. The third-order valence-corrected chi connectivity index (χ3v) is 6.09. The summed E-state index contributed by atoms with van der Waals surface area (Å²) in [7, 11) is 0. The molecule has 3 fully saturated rings. The number of hydrogen-bond donors (Lipinski definition) is 0. The molecule has 120 valence electrons. The highest BCUT2D eigenvalue weighted by Crippen LogP contribution is 2.52. The van der Waals surface area contributed by atoms with E-state index in [9.17, 15) is 4.79 Å². The molecule has 1 atom stereocenters. The Hall–Kier alpha value is -0.730. The second-order valence-corrected chi connectivity index (χ2v) is 7.72. The zero-order chi connectivity index (χ0) is 14.7. The number of unbranched alkanes of at least 4 members (excludes halogenated alkanes) is 1. The molecule has 1 amide bonds. The Morgan fingerprint density at radius 1 is 1.14 bits per heavy atom. The Morgan fingerprint density at radius 3 is 2.62 bits per heavy atom. The molecule has 1 unspecified atom stereocenters. The van der Waals surface area contributed by atoms with Crippen LogP contribution in [-0.2, 0) is 4.74 Å². The molecule has 3 aliphatic rings. The summed E-state index contributed by atoms with van der Waals surface area (Å²) < 4.78 is 5.32. The van der Waals surface area contributed by atoms with Crippen LogP contribution in [0.15, 0.2) is 0 Å². The molecule has 0 N–H and O–H groups in total. The van der Waals surface area contributed by atoms with E-state index in [0.29, 0.717) is 12.0 Å². The third kappa shape index (κ3) is 3.37. The van der Waals surface area contributed by atoms with Crippen molar-refractivity contribution in [3.8, 4) is 0 Å². The van der Waals surface area contributed by atoms with E-state index in [1.165, 1.54) is 51.4 Å². The topological polar surface area (TPSA) is 29.5 Å². The lowest BCUT2D eigenvalue weighted by atomic mass is 9.74. The maximum atomic E-state index is 11.9. The Kier molecular flexibility index (Phi) is 4.75. The van der Waals surface area contributed by atoms with Gasteiger partial charge in [0.05, 0.1) is 6.61 Å². The maximum absolute atomic E-state index is 11.9. The van der Waals surface area contributed by atoms with Gasteiger partial charge in [-0.2, -0.15) is 0 Å². The number of rotatable bonds is 4. The Balaban J connectivity index is 1.41. The number of likely N-dealkylation sites (tertiary alicyclic amines) is 1. The number of carbonyl (C=O) groups excluding carboxylic acids is 1.